The van der Waals surface area contributed by atoms with Gasteiger partial charge in [-0.1, -0.05) is 23.7 Å². The summed E-state index contributed by atoms with van der Waals surface area (Å²) in [5.74, 6) is 0.815. The summed E-state index contributed by atoms with van der Waals surface area (Å²) in [5, 5.41) is 3.81. The van der Waals surface area contributed by atoms with Gasteiger partial charge in [-0.05, 0) is 13.1 Å². The number of benzene rings is 1. The van der Waals surface area contributed by atoms with Crippen molar-refractivity contribution < 1.29 is 9.47 Å². The standard InChI is InChI=1S/C13H18ClNO2/c1-15-9-10-3-2-4-12(14)13(10)17-11-5-7-16-8-6-11/h2-4,11,15H,5-9H2,1H3. The SMILES string of the molecule is CNCc1cccc(Cl)c1OC1CCOCC1. The van der Waals surface area contributed by atoms with E-state index in [0.29, 0.717) is 5.02 Å². The highest BCUT2D eigenvalue weighted by atomic mass is 35.5. The van der Waals surface area contributed by atoms with Crippen LogP contribution in [0.2, 0.25) is 5.02 Å². The van der Waals surface area contributed by atoms with E-state index < -0.39 is 0 Å². The van der Waals surface area contributed by atoms with E-state index in [-0.39, 0.29) is 6.10 Å². The molecule has 0 bridgehead atoms. The lowest BCUT2D eigenvalue weighted by Gasteiger charge is -2.25. The number of hydrogen-bond donors (Lipinski definition) is 1. The summed E-state index contributed by atoms with van der Waals surface area (Å²) in [6.07, 6.45) is 2.09. The first-order chi connectivity index (χ1) is 8.31. The zero-order chi connectivity index (χ0) is 12.1. The Morgan fingerprint density at radius 1 is 1.41 bits per heavy atom. The van der Waals surface area contributed by atoms with Gasteiger partial charge >= 0.3 is 0 Å². The Hall–Kier alpha value is -0.770. The van der Waals surface area contributed by atoms with Gasteiger partial charge in [-0.15, -0.1) is 0 Å². The zero-order valence-corrected chi connectivity index (χ0v) is 10.8. The van der Waals surface area contributed by atoms with Crippen LogP contribution in [0.1, 0.15) is 18.4 Å². The predicted octanol–water partition coefficient (Wildman–Crippen LogP) is 2.62. The van der Waals surface area contributed by atoms with E-state index in [1.54, 1.807) is 0 Å². The second-order valence-corrected chi connectivity index (χ2v) is 4.60. The highest BCUT2D eigenvalue weighted by Crippen LogP contribution is 2.31. The molecule has 0 saturated carbocycles. The molecule has 17 heavy (non-hydrogen) atoms. The van der Waals surface area contributed by atoms with Gasteiger partial charge in [0, 0.05) is 24.9 Å². The van der Waals surface area contributed by atoms with Crippen LogP contribution >= 0.6 is 11.6 Å². The number of halogens is 1. The van der Waals surface area contributed by atoms with Crippen LogP contribution in [0.4, 0.5) is 0 Å². The summed E-state index contributed by atoms with van der Waals surface area (Å²) >= 11 is 6.20. The third kappa shape index (κ3) is 3.35. The Balaban J connectivity index is 2.12. The average molecular weight is 256 g/mol. The van der Waals surface area contributed by atoms with Crippen LogP contribution in [0, 0.1) is 0 Å². The van der Waals surface area contributed by atoms with Crippen molar-refractivity contribution in [2.45, 2.75) is 25.5 Å². The molecule has 0 radical (unpaired) electrons. The number of hydrogen-bond acceptors (Lipinski definition) is 3. The molecular formula is C13H18ClNO2. The fourth-order valence-corrected chi connectivity index (χ4v) is 2.21. The molecule has 1 aliphatic rings. The first kappa shape index (κ1) is 12.7. The lowest BCUT2D eigenvalue weighted by molar-refractivity contribution is 0.0252. The topological polar surface area (TPSA) is 30.5 Å². The van der Waals surface area contributed by atoms with Crippen molar-refractivity contribution in [2.75, 3.05) is 20.3 Å². The van der Waals surface area contributed by atoms with Gasteiger partial charge in [-0.2, -0.15) is 0 Å². The van der Waals surface area contributed by atoms with E-state index in [1.165, 1.54) is 0 Å². The summed E-state index contributed by atoms with van der Waals surface area (Å²) in [6.45, 7) is 2.31. The summed E-state index contributed by atoms with van der Waals surface area (Å²) < 4.78 is 11.3. The van der Waals surface area contributed by atoms with E-state index in [2.05, 4.69) is 5.32 Å². The van der Waals surface area contributed by atoms with Crippen LogP contribution in [0.25, 0.3) is 0 Å². The third-order valence-electron chi connectivity index (χ3n) is 2.87. The third-order valence-corrected chi connectivity index (χ3v) is 3.17. The number of ether oxygens (including phenoxy) is 2. The smallest absolute Gasteiger partial charge is 0.142 e. The minimum Gasteiger partial charge on any atom is -0.488 e. The fraction of sp³-hybridized carbons (Fsp3) is 0.538. The van der Waals surface area contributed by atoms with Crippen molar-refractivity contribution >= 4 is 11.6 Å². The molecule has 0 amide bonds. The van der Waals surface area contributed by atoms with Crippen LogP contribution in [0.5, 0.6) is 5.75 Å². The lowest BCUT2D eigenvalue weighted by Crippen LogP contribution is -2.26. The molecule has 0 atom stereocenters. The van der Waals surface area contributed by atoms with Crippen LogP contribution in [0.15, 0.2) is 18.2 Å². The first-order valence-corrected chi connectivity index (χ1v) is 6.35. The van der Waals surface area contributed by atoms with Gasteiger partial charge in [0.05, 0.1) is 18.2 Å². The molecule has 0 unspecified atom stereocenters. The number of rotatable bonds is 4. The maximum atomic E-state index is 6.20. The molecule has 0 aliphatic carbocycles. The molecule has 3 nitrogen and oxygen atoms in total. The molecule has 4 heteroatoms. The molecule has 0 spiro atoms. The Labute approximate surface area is 107 Å². The normalized spacial score (nSPS) is 17.1. The largest absolute Gasteiger partial charge is 0.488 e. The molecule has 0 aromatic heterocycles. The number of para-hydroxylation sites is 1. The van der Waals surface area contributed by atoms with Gasteiger partial charge < -0.3 is 14.8 Å². The number of nitrogens with one attached hydrogen (secondary N) is 1. The maximum absolute atomic E-state index is 6.20. The van der Waals surface area contributed by atoms with Crippen molar-refractivity contribution in [3.63, 3.8) is 0 Å². The van der Waals surface area contributed by atoms with Gasteiger partial charge in [-0.3, -0.25) is 0 Å². The quantitative estimate of drug-likeness (QED) is 0.897. The van der Waals surface area contributed by atoms with Crippen molar-refractivity contribution in [3.05, 3.63) is 28.8 Å². The van der Waals surface area contributed by atoms with Crippen LogP contribution in [-0.4, -0.2) is 26.4 Å². The second kappa shape index (κ2) is 6.24. The molecular weight excluding hydrogens is 238 g/mol. The molecule has 1 aliphatic heterocycles. The van der Waals surface area contributed by atoms with Crippen LogP contribution in [0.3, 0.4) is 0 Å². The minimum atomic E-state index is 0.222. The average Bonchev–Trinajstić information content (AvgIpc) is 2.35. The monoisotopic (exact) mass is 255 g/mol. The molecule has 1 fully saturated rings. The van der Waals surface area contributed by atoms with Gasteiger partial charge in [-0.25, -0.2) is 0 Å². The van der Waals surface area contributed by atoms with E-state index in [4.69, 9.17) is 21.1 Å². The fourth-order valence-electron chi connectivity index (χ4n) is 1.98. The molecule has 1 heterocycles. The van der Waals surface area contributed by atoms with Gasteiger partial charge in [0.25, 0.3) is 0 Å². The van der Waals surface area contributed by atoms with Crippen molar-refractivity contribution in [1.29, 1.82) is 0 Å². The Morgan fingerprint density at radius 3 is 2.88 bits per heavy atom. The molecule has 1 aromatic carbocycles. The van der Waals surface area contributed by atoms with E-state index in [0.717, 1.165) is 43.9 Å². The Morgan fingerprint density at radius 2 is 2.18 bits per heavy atom. The van der Waals surface area contributed by atoms with Crippen molar-refractivity contribution in [3.8, 4) is 5.75 Å². The maximum Gasteiger partial charge on any atom is 0.142 e. The second-order valence-electron chi connectivity index (χ2n) is 4.19. The van der Waals surface area contributed by atoms with Crippen molar-refractivity contribution in [2.24, 2.45) is 0 Å². The van der Waals surface area contributed by atoms with Crippen LogP contribution < -0.4 is 10.1 Å². The van der Waals surface area contributed by atoms with Crippen LogP contribution in [-0.2, 0) is 11.3 Å². The Kier molecular flexibility index (Phi) is 4.66. The van der Waals surface area contributed by atoms with Gasteiger partial charge in [0.1, 0.15) is 11.9 Å². The van der Waals surface area contributed by atoms with Gasteiger partial charge in [0.15, 0.2) is 0 Å². The predicted molar refractivity (Wildman–Crippen MR) is 68.7 cm³/mol. The summed E-state index contributed by atoms with van der Waals surface area (Å²) in [5.41, 5.74) is 1.10. The zero-order valence-electron chi connectivity index (χ0n) is 10.0. The van der Waals surface area contributed by atoms with Crippen molar-refractivity contribution in [1.82, 2.24) is 5.32 Å². The summed E-state index contributed by atoms with van der Waals surface area (Å²) in [7, 11) is 1.92. The molecule has 1 N–H and O–H groups in total. The summed E-state index contributed by atoms with van der Waals surface area (Å²) in [6, 6.07) is 5.86. The lowest BCUT2D eigenvalue weighted by atomic mass is 10.1. The first-order valence-electron chi connectivity index (χ1n) is 5.97. The highest BCUT2D eigenvalue weighted by Gasteiger charge is 2.18. The van der Waals surface area contributed by atoms with E-state index >= 15 is 0 Å². The molecule has 2 rings (SSSR count). The van der Waals surface area contributed by atoms with Gasteiger partial charge in [0.2, 0.25) is 0 Å². The molecule has 1 aromatic rings. The Bertz CT molecular complexity index is 364. The summed E-state index contributed by atoms with van der Waals surface area (Å²) in [4.78, 5) is 0. The highest BCUT2D eigenvalue weighted by molar-refractivity contribution is 6.32. The minimum absolute atomic E-state index is 0.222. The van der Waals surface area contributed by atoms with E-state index in [1.807, 2.05) is 25.2 Å². The molecule has 1 saturated heterocycles. The molecule has 94 valence electrons. The van der Waals surface area contributed by atoms with E-state index in [9.17, 15) is 0 Å².